The van der Waals surface area contributed by atoms with Gasteiger partial charge in [0.05, 0.1) is 0 Å². The van der Waals surface area contributed by atoms with Gasteiger partial charge in [0.25, 0.3) is 0 Å². The smallest absolute Gasteiger partial charge is 0.213 e. The SMILES string of the molecule is Cc1cc(C)c(C)c(-c2cc3ccc(-c4ccc(CC(C)(C)C)nc4)cc3c[n+]2C)c1. The van der Waals surface area contributed by atoms with Gasteiger partial charge in [-0.15, -0.1) is 0 Å². The van der Waals surface area contributed by atoms with Crippen molar-refractivity contribution in [3.63, 3.8) is 0 Å². The predicted molar refractivity (Wildman–Crippen MR) is 131 cm³/mol. The molecule has 4 aromatic rings. The van der Waals surface area contributed by atoms with Crippen LogP contribution in [0.25, 0.3) is 33.2 Å². The standard InChI is InChI=1S/C29H33N2/c1-19-12-20(2)21(3)27(13-19)28-15-23-9-8-22(14-25(23)18-31(28)7)24-10-11-26(30-17-24)16-29(4,5)6/h8-15,17-18H,16H2,1-7H3/q+1. The van der Waals surface area contributed by atoms with Crippen LogP contribution in [0.1, 0.15) is 43.2 Å². The van der Waals surface area contributed by atoms with E-state index in [0.29, 0.717) is 0 Å². The van der Waals surface area contributed by atoms with Crippen LogP contribution in [0.3, 0.4) is 0 Å². The topological polar surface area (TPSA) is 16.8 Å². The van der Waals surface area contributed by atoms with Crippen molar-refractivity contribution in [3.05, 3.63) is 83.3 Å². The fourth-order valence-corrected chi connectivity index (χ4v) is 4.34. The molecule has 0 radical (unpaired) electrons. The number of fused-ring (bicyclic) bond motifs is 1. The van der Waals surface area contributed by atoms with E-state index in [1.165, 1.54) is 44.3 Å². The first-order valence-electron chi connectivity index (χ1n) is 11.1. The van der Waals surface area contributed by atoms with E-state index < -0.39 is 0 Å². The third-order valence-electron chi connectivity index (χ3n) is 6.05. The second-order valence-corrected chi connectivity index (χ2v) is 10.1. The third kappa shape index (κ3) is 4.54. The Kier molecular flexibility index (Phi) is 5.43. The molecule has 2 aromatic carbocycles. The molecule has 158 valence electrons. The van der Waals surface area contributed by atoms with Gasteiger partial charge in [0.2, 0.25) is 5.69 Å². The lowest BCUT2D eigenvalue weighted by molar-refractivity contribution is -0.659. The lowest BCUT2D eigenvalue weighted by atomic mass is 9.90. The molecule has 0 fully saturated rings. The van der Waals surface area contributed by atoms with Gasteiger partial charge in [-0.3, -0.25) is 4.98 Å². The Hall–Kier alpha value is -3.00. The fourth-order valence-electron chi connectivity index (χ4n) is 4.34. The summed E-state index contributed by atoms with van der Waals surface area (Å²) in [5, 5.41) is 2.50. The number of nitrogens with zero attached hydrogens (tertiary/aromatic N) is 2. The lowest BCUT2D eigenvalue weighted by Gasteiger charge is -2.17. The number of pyridine rings is 2. The number of aromatic nitrogens is 2. The van der Waals surface area contributed by atoms with Crippen molar-refractivity contribution in [2.45, 2.75) is 48.0 Å². The van der Waals surface area contributed by atoms with Crippen molar-refractivity contribution in [1.29, 1.82) is 0 Å². The van der Waals surface area contributed by atoms with Crippen molar-refractivity contribution in [2.75, 3.05) is 0 Å². The van der Waals surface area contributed by atoms with Crippen molar-refractivity contribution < 1.29 is 4.57 Å². The maximum atomic E-state index is 4.71. The van der Waals surface area contributed by atoms with Crippen LogP contribution in [-0.4, -0.2) is 4.98 Å². The number of hydrogen-bond acceptors (Lipinski definition) is 1. The highest BCUT2D eigenvalue weighted by atomic mass is 14.9. The summed E-state index contributed by atoms with van der Waals surface area (Å²) in [5.74, 6) is 0. The van der Waals surface area contributed by atoms with Gasteiger partial charge in [-0.1, -0.05) is 50.6 Å². The Morgan fingerprint density at radius 3 is 2.26 bits per heavy atom. The average molecular weight is 410 g/mol. The summed E-state index contributed by atoms with van der Waals surface area (Å²) in [4.78, 5) is 4.71. The molecule has 0 saturated carbocycles. The van der Waals surface area contributed by atoms with Gasteiger partial charge in [0.1, 0.15) is 7.05 Å². The first-order chi connectivity index (χ1) is 14.6. The average Bonchev–Trinajstić information content (AvgIpc) is 2.69. The van der Waals surface area contributed by atoms with Gasteiger partial charge in [-0.25, -0.2) is 4.57 Å². The first kappa shape index (κ1) is 21.2. The summed E-state index contributed by atoms with van der Waals surface area (Å²) in [7, 11) is 2.14. The summed E-state index contributed by atoms with van der Waals surface area (Å²) >= 11 is 0. The van der Waals surface area contributed by atoms with Gasteiger partial charge >= 0.3 is 0 Å². The third-order valence-corrected chi connectivity index (χ3v) is 6.05. The van der Waals surface area contributed by atoms with E-state index >= 15 is 0 Å². The van der Waals surface area contributed by atoms with E-state index in [1.54, 1.807) is 0 Å². The summed E-state index contributed by atoms with van der Waals surface area (Å²) < 4.78 is 2.25. The Morgan fingerprint density at radius 1 is 0.839 bits per heavy atom. The molecule has 0 aliphatic heterocycles. The van der Waals surface area contributed by atoms with E-state index in [4.69, 9.17) is 4.98 Å². The number of benzene rings is 2. The van der Waals surface area contributed by atoms with E-state index in [1.807, 2.05) is 6.20 Å². The largest absolute Gasteiger partial charge is 0.261 e. The highest BCUT2D eigenvalue weighted by molar-refractivity contribution is 5.88. The monoisotopic (exact) mass is 409 g/mol. The van der Waals surface area contributed by atoms with E-state index in [9.17, 15) is 0 Å². The molecule has 0 atom stereocenters. The molecular formula is C29H33N2+. The molecule has 2 nitrogen and oxygen atoms in total. The summed E-state index contributed by atoms with van der Waals surface area (Å²) in [6.07, 6.45) is 5.24. The number of aryl methyl sites for hydroxylation is 3. The van der Waals surface area contributed by atoms with Gasteiger partial charge in [0.15, 0.2) is 6.20 Å². The lowest BCUT2D eigenvalue weighted by Crippen LogP contribution is -2.30. The minimum absolute atomic E-state index is 0.248. The Morgan fingerprint density at radius 2 is 1.58 bits per heavy atom. The second-order valence-electron chi connectivity index (χ2n) is 10.1. The minimum Gasteiger partial charge on any atom is -0.261 e. The highest BCUT2D eigenvalue weighted by Crippen LogP contribution is 2.29. The summed E-state index contributed by atoms with van der Waals surface area (Å²) in [6, 6.07) is 17.9. The Labute approximate surface area is 186 Å². The molecule has 0 N–H and O–H groups in total. The predicted octanol–water partition coefficient (Wildman–Crippen LogP) is 6.91. The van der Waals surface area contributed by atoms with Crippen LogP contribution in [0.5, 0.6) is 0 Å². The molecule has 0 amide bonds. The van der Waals surface area contributed by atoms with Gasteiger partial charge < -0.3 is 0 Å². The zero-order valence-electron chi connectivity index (χ0n) is 19.9. The van der Waals surface area contributed by atoms with Crippen LogP contribution in [0.15, 0.2) is 60.9 Å². The minimum atomic E-state index is 0.248. The second kappa shape index (κ2) is 7.92. The maximum Gasteiger partial charge on any atom is 0.213 e. The molecule has 0 aliphatic rings. The number of hydrogen-bond donors (Lipinski definition) is 0. The quantitative estimate of drug-likeness (QED) is 0.336. The molecule has 2 heteroatoms. The maximum absolute atomic E-state index is 4.71. The van der Waals surface area contributed by atoms with E-state index in [2.05, 4.69) is 108 Å². The first-order valence-corrected chi connectivity index (χ1v) is 11.1. The molecule has 31 heavy (non-hydrogen) atoms. The van der Waals surface area contributed by atoms with Crippen LogP contribution in [-0.2, 0) is 13.5 Å². The normalized spacial score (nSPS) is 11.8. The molecule has 4 rings (SSSR count). The van der Waals surface area contributed by atoms with Crippen LogP contribution in [0.2, 0.25) is 0 Å². The zero-order chi connectivity index (χ0) is 22.3. The molecule has 0 unspecified atom stereocenters. The molecular weight excluding hydrogens is 376 g/mol. The van der Waals surface area contributed by atoms with Crippen LogP contribution >= 0.6 is 0 Å². The van der Waals surface area contributed by atoms with Crippen molar-refractivity contribution in [1.82, 2.24) is 4.98 Å². The molecule has 0 aliphatic carbocycles. The van der Waals surface area contributed by atoms with Gasteiger partial charge in [0, 0.05) is 34.5 Å². The van der Waals surface area contributed by atoms with Crippen LogP contribution in [0.4, 0.5) is 0 Å². The fraction of sp³-hybridized carbons (Fsp3) is 0.310. The molecule has 0 saturated heterocycles. The van der Waals surface area contributed by atoms with Crippen LogP contribution < -0.4 is 4.57 Å². The molecule has 2 aromatic heterocycles. The van der Waals surface area contributed by atoms with E-state index in [-0.39, 0.29) is 5.41 Å². The van der Waals surface area contributed by atoms with Crippen molar-refractivity contribution in [2.24, 2.45) is 12.5 Å². The Balaban J connectivity index is 1.72. The molecule has 0 spiro atoms. The zero-order valence-corrected chi connectivity index (χ0v) is 19.9. The number of rotatable bonds is 3. The highest BCUT2D eigenvalue weighted by Gasteiger charge is 2.16. The molecule has 2 heterocycles. The van der Waals surface area contributed by atoms with Crippen molar-refractivity contribution >= 4 is 10.8 Å². The van der Waals surface area contributed by atoms with Crippen LogP contribution in [0, 0.1) is 26.2 Å². The van der Waals surface area contributed by atoms with E-state index in [0.717, 1.165) is 17.7 Å². The van der Waals surface area contributed by atoms with Gasteiger partial charge in [-0.2, -0.15) is 0 Å². The molecule has 0 bridgehead atoms. The summed E-state index contributed by atoms with van der Waals surface area (Å²) in [6.45, 7) is 13.3. The van der Waals surface area contributed by atoms with Gasteiger partial charge in [-0.05, 0) is 72.9 Å². The summed E-state index contributed by atoms with van der Waals surface area (Å²) in [5.41, 5.74) is 10.3. The van der Waals surface area contributed by atoms with Crippen molar-refractivity contribution in [3.8, 4) is 22.4 Å². The Bertz CT molecular complexity index is 1260.